The molecule has 4 heteroatoms. The molecule has 0 aromatic heterocycles. The van der Waals surface area contributed by atoms with Gasteiger partial charge in [-0.2, -0.15) is 5.10 Å². The van der Waals surface area contributed by atoms with Crippen molar-refractivity contribution in [3.8, 4) is 0 Å². The van der Waals surface area contributed by atoms with E-state index in [2.05, 4.69) is 20.6 Å². The summed E-state index contributed by atoms with van der Waals surface area (Å²) in [5.74, 6) is 0. The van der Waals surface area contributed by atoms with Gasteiger partial charge in [0.15, 0.2) is 0 Å². The summed E-state index contributed by atoms with van der Waals surface area (Å²) in [7, 11) is 0. The number of nitrogens with one attached hydrogen (secondary N) is 1. The van der Waals surface area contributed by atoms with Crippen LogP contribution in [0.2, 0.25) is 0 Å². The maximum absolute atomic E-state index is 4.54. The van der Waals surface area contributed by atoms with E-state index in [-0.39, 0.29) is 0 Å². The van der Waals surface area contributed by atoms with Gasteiger partial charge in [-0.05, 0) is 17.1 Å². The Morgan fingerprint density at radius 2 is 1.54 bits per heavy atom. The average molecular weight is 178 g/mol. The number of hydrazone groups is 1. The Kier molecular flexibility index (Phi) is 4.91. The lowest BCUT2D eigenvalue weighted by atomic mass is 10.4. The molecule has 4 nitrogen and oxygen atoms in total. The minimum atomic E-state index is 1.39. The van der Waals surface area contributed by atoms with Gasteiger partial charge in [0.1, 0.15) is 6.26 Å². The lowest BCUT2D eigenvalue weighted by Crippen LogP contribution is -2.04. The molecule has 13 heavy (non-hydrogen) atoms. The van der Waals surface area contributed by atoms with E-state index >= 15 is 0 Å². The Morgan fingerprint density at radius 3 is 2.38 bits per heavy atom. The molecule has 0 saturated heterocycles. The lowest BCUT2D eigenvalue weighted by molar-refractivity contribution is -0.295. The summed E-state index contributed by atoms with van der Waals surface area (Å²) in [6, 6.07) is 0. The van der Waals surface area contributed by atoms with Gasteiger partial charge < -0.3 is 4.89 Å². The number of nitrogens with zero attached hydrogens (tertiary/aromatic N) is 1. The first kappa shape index (κ1) is 9.28. The molecule has 0 aromatic rings. The maximum atomic E-state index is 4.54. The second-order valence-corrected chi connectivity index (χ2v) is 2.03. The standard InChI is InChI=1S/C9H10N2O2/c1-2-4-6-8-10-11-13-12-9-7-5-3-1/h1-9,11H/b2-1-,5-3-,6-4-,9-7-,10-8-. The van der Waals surface area contributed by atoms with E-state index in [1.807, 2.05) is 30.4 Å². The van der Waals surface area contributed by atoms with Crippen LogP contribution >= 0.6 is 0 Å². The molecular weight excluding hydrogens is 168 g/mol. The van der Waals surface area contributed by atoms with Crippen LogP contribution < -0.4 is 5.59 Å². The summed E-state index contributed by atoms with van der Waals surface area (Å²) < 4.78 is 0. The molecule has 68 valence electrons. The molecule has 1 aliphatic rings. The van der Waals surface area contributed by atoms with Crippen molar-refractivity contribution >= 4 is 6.21 Å². The van der Waals surface area contributed by atoms with E-state index in [9.17, 15) is 0 Å². The minimum Gasteiger partial charge on any atom is -0.321 e. The molecule has 0 aromatic carbocycles. The third kappa shape index (κ3) is 5.46. The van der Waals surface area contributed by atoms with Gasteiger partial charge in [-0.3, -0.25) is 0 Å². The van der Waals surface area contributed by atoms with E-state index in [0.717, 1.165) is 0 Å². The summed E-state index contributed by atoms with van der Waals surface area (Å²) in [6.07, 6.45) is 15.7. The van der Waals surface area contributed by atoms with E-state index in [1.54, 1.807) is 18.4 Å². The highest BCUT2D eigenvalue weighted by molar-refractivity contribution is 5.71. The highest BCUT2D eigenvalue weighted by Crippen LogP contribution is 1.84. The monoisotopic (exact) mass is 178 g/mol. The zero-order chi connectivity index (χ0) is 9.19. The molecule has 0 bridgehead atoms. The fourth-order valence-corrected chi connectivity index (χ4v) is 0.592. The Labute approximate surface area is 76.4 Å². The van der Waals surface area contributed by atoms with Gasteiger partial charge >= 0.3 is 0 Å². The Morgan fingerprint density at radius 1 is 0.846 bits per heavy atom. The first-order chi connectivity index (χ1) is 6.50. The third-order valence-corrected chi connectivity index (χ3v) is 1.10. The quantitative estimate of drug-likeness (QED) is 0.573. The summed E-state index contributed by atoms with van der Waals surface area (Å²) in [5, 5.41) is 3.64. The summed E-state index contributed by atoms with van der Waals surface area (Å²) >= 11 is 0. The molecule has 0 saturated carbocycles. The van der Waals surface area contributed by atoms with Crippen LogP contribution in [-0.4, -0.2) is 6.21 Å². The summed E-state index contributed by atoms with van der Waals surface area (Å²) in [5.41, 5.74) is 2.22. The van der Waals surface area contributed by atoms with Crippen LogP contribution in [-0.2, 0) is 9.88 Å². The van der Waals surface area contributed by atoms with E-state index in [0.29, 0.717) is 0 Å². The smallest absolute Gasteiger partial charge is 0.132 e. The van der Waals surface area contributed by atoms with Gasteiger partial charge in [0.05, 0.1) is 0 Å². The minimum absolute atomic E-state index is 1.39. The Bertz CT molecular complexity index is 239. The normalized spacial score (nSPS) is 28.9. The van der Waals surface area contributed by atoms with Crippen LogP contribution in [0.5, 0.6) is 0 Å². The van der Waals surface area contributed by atoms with Crippen molar-refractivity contribution in [2.75, 3.05) is 0 Å². The van der Waals surface area contributed by atoms with Crippen molar-refractivity contribution in [3.05, 3.63) is 48.8 Å². The van der Waals surface area contributed by atoms with E-state index in [1.165, 1.54) is 6.26 Å². The maximum Gasteiger partial charge on any atom is 0.132 e. The van der Waals surface area contributed by atoms with Gasteiger partial charge in [-0.25, -0.2) is 0 Å². The van der Waals surface area contributed by atoms with Gasteiger partial charge in [0.25, 0.3) is 0 Å². The zero-order valence-electron chi connectivity index (χ0n) is 6.96. The molecule has 0 fully saturated rings. The predicted molar refractivity (Wildman–Crippen MR) is 50.4 cm³/mol. The largest absolute Gasteiger partial charge is 0.321 e. The van der Waals surface area contributed by atoms with Gasteiger partial charge in [-0.1, -0.05) is 30.4 Å². The second kappa shape index (κ2) is 6.87. The second-order valence-electron chi connectivity index (χ2n) is 2.03. The first-order valence-electron chi connectivity index (χ1n) is 3.75. The molecule has 0 unspecified atom stereocenters. The van der Waals surface area contributed by atoms with E-state index < -0.39 is 0 Å². The average Bonchev–Trinajstić information content (AvgIpc) is 2.18. The van der Waals surface area contributed by atoms with Gasteiger partial charge in [-0.15, -0.1) is 5.59 Å². The molecule has 1 rings (SSSR count). The number of allylic oxidation sites excluding steroid dienone is 7. The SMILES string of the molecule is C1=C\C=C/C=N\NOO/C=C\C=C/1. The zero-order valence-corrected chi connectivity index (χ0v) is 6.96. The van der Waals surface area contributed by atoms with Gasteiger partial charge in [0.2, 0.25) is 0 Å². The fraction of sp³-hybridized carbons (Fsp3) is 0. The highest BCUT2D eigenvalue weighted by Gasteiger charge is 1.74. The molecular formula is C9H10N2O2. The third-order valence-electron chi connectivity index (χ3n) is 1.10. The van der Waals surface area contributed by atoms with Crippen molar-refractivity contribution in [2.24, 2.45) is 5.10 Å². The molecule has 0 radical (unpaired) electrons. The van der Waals surface area contributed by atoms with Crippen molar-refractivity contribution in [2.45, 2.75) is 0 Å². The summed E-state index contributed by atoms with van der Waals surface area (Å²) in [4.78, 5) is 8.97. The molecule has 0 spiro atoms. The molecule has 0 amide bonds. The number of rotatable bonds is 0. The van der Waals surface area contributed by atoms with Crippen molar-refractivity contribution < 1.29 is 9.88 Å². The predicted octanol–water partition coefficient (Wildman–Crippen LogP) is 1.62. The lowest BCUT2D eigenvalue weighted by Gasteiger charge is -1.94. The molecule has 0 atom stereocenters. The van der Waals surface area contributed by atoms with Crippen molar-refractivity contribution in [3.63, 3.8) is 0 Å². The Hall–Kier alpha value is -1.81. The van der Waals surface area contributed by atoms with Crippen LogP contribution in [0.25, 0.3) is 0 Å². The first-order valence-corrected chi connectivity index (χ1v) is 3.75. The number of hydrogen-bond donors (Lipinski definition) is 1. The topological polar surface area (TPSA) is 42.9 Å². The van der Waals surface area contributed by atoms with Crippen LogP contribution in [0.1, 0.15) is 0 Å². The van der Waals surface area contributed by atoms with E-state index in [4.69, 9.17) is 0 Å². The van der Waals surface area contributed by atoms with Crippen LogP contribution in [0.4, 0.5) is 0 Å². The molecule has 0 aliphatic carbocycles. The highest BCUT2D eigenvalue weighted by atomic mass is 17.3. The van der Waals surface area contributed by atoms with Crippen LogP contribution in [0.3, 0.4) is 0 Å². The number of hydrogen-bond acceptors (Lipinski definition) is 4. The molecule has 1 aliphatic heterocycles. The molecule has 1 N–H and O–H groups in total. The summed E-state index contributed by atoms with van der Waals surface area (Å²) in [6.45, 7) is 0. The fourth-order valence-electron chi connectivity index (χ4n) is 0.592. The Balaban J connectivity index is 2.51. The van der Waals surface area contributed by atoms with Crippen molar-refractivity contribution in [1.29, 1.82) is 0 Å². The van der Waals surface area contributed by atoms with Crippen LogP contribution in [0, 0.1) is 0 Å². The van der Waals surface area contributed by atoms with Crippen molar-refractivity contribution in [1.82, 2.24) is 5.59 Å². The van der Waals surface area contributed by atoms with Gasteiger partial charge in [0, 0.05) is 6.21 Å². The van der Waals surface area contributed by atoms with Crippen LogP contribution in [0.15, 0.2) is 53.9 Å². The molecule has 1 heterocycles.